The Labute approximate surface area is 246 Å². The Bertz CT molecular complexity index is 1100. The van der Waals surface area contributed by atoms with Crippen molar-refractivity contribution in [1.82, 2.24) is 21.3 Å². The van der Waals surface area contributed by atoms with E-state index in [1.54, 1.807) is 24.5 Å². The molecule has 0 spiro atoms. The predicted molar refractivity (Wildman–Crippen MR) is 161 cm³/mol. The van der Waals surface area contributed by atoms with Crippen molar-refractivity contribution in [1.29, 1.82) is 0 Å². The van der Waals surface area contributed by atoms with Gasteiger partial charge in [-0.25, -0.2) is 4.79 Å². The molecule has 2 aromatic carbocycles. The van der Waals surface area contributed by atoms with Gasteiger partial charge in [-0.2, -0.15) is 0 Å². The Balaban J connectivity index is 0.00000391. The lowest BCUT2D eigenvalue weighted by atomic mass is 10.0. The number of carbonyl (C=O) groups excluding carboxylic acids is 4. The lowest BCUT2D eigenvalue weighted by molar-refractivity contribution is -0.138. The number of halogens is 1. The zero-order chi connectivity index (χ0) is 30.1. The SMILES string of the molecule is CC.COc1c(Cl)cccc1CNC(=O)C(=O)CC(NC(=O)[C@H](CC(C)C)NC(=O)NCc1ccccc1)SC. The highest BCUT2D eigenvalue weighted by atomic mass is 35.5. The molecular weight excluding hydrogens is 552 g/mol. The molecule has 0 radical (unpaired) electrons. The summed E-state index contributed by atoms with van der Waals surface area (Å²) in [6.45, 7) is 8.27. The fourth-order valence-corrected chi connectivity index (χ4v) is 4.42. The van der Waals surface area contributed by atoms with Gasteiger partial charge < -0.3 is 26.0 Å². The molecule has 1 unspecified atom stereocenters. The molecule has 0 saturated carbocycles. The quantitative estimate of drug-likeness (QED) is 0.187. The van der Waals surface area contributed by atoms with Crippen molar-refractivity contribution in [2.24, 2.45) is 5.92 Å². The lowest BCUT2D eigenvalue weighted by Crippen LogP contribution is -2.52. The molecule has 4 N–H and O–H groups in total. The van der Waals surface area contributed by atoms with Crippen molar-refractivity contribution in [3.05, 3.63) is 64.7 Å². The minimum atomic E-state index is -0.806. The van der Waals surface area contributed by atoms with Crippen molar-refractivity contribution < 1.29 is 23.9 Å². The summed E-state index contributed by atoms with van der Waals surface area (Å²) in [5.41, 5.74) is 1.56. The molecule has 0 aliphatic carbocycles. The molecular formula is C29H41ClN4O5S. The summed E-state index contributed by atoms with van der Waals surface area (Å²) in [5, 5.41) is 10.6. The van der Waals surface area contributed by atoms with E-state index in [1.165, 1.54) is 18.9 Å². The number of nitrogens with one attached hydrogen (secondary N) is 4. The number of hydrogen-bond donors (Lipinski definition) is 4. The Kier molecular flexibility index (Phi) is 16.5. The minimum absolute atomic E-state index is 0.0586. The molecule has 0 bridgehead atoms. The van der Waals surface area contributed by atoms with E-state index in [1.807, 2.05) is 58.0 Å². The molecule has 11 heteroatoms. The van der Waals surface area contributed by atoms with Gasteiger partial charge in [0.1, 0.15) is 11.8 Å². The van der Waals surface area contributed by atoms with E-state index in [4.69, 9.17) is 16.3 Å². The van der Waals surface area contributed by atoms with Crippen LogP contribution in [-0.2, 0) is 27.5 Å². The third kappa shape index (κ3) is 12.3. The maximum absolute atomic E-state index is 13.0. The molecule has 0 aliphatic heterocycles. The van der Waals surface area contributed by atoms with Crippen LogP contribution in [-0.4, -0.2) is 48.4 Å². The Morgan fingerprint density at radius 3 is 2.20 bits per heavy atom. The number of hydrogen-bond acceptors (Lipinski definition) is 6. The van der Waals surface area contributed by atoms with Crippen LogP contribution in [0.1, 0.15) is 51.7 Å². The third-order valence-corrected chi connectivity index (χ3v) is 6.68. The van der Waals surface area contributed by atoms with Gasteiger partial charge in [-0.1, -0.05) is 81.8 Å². The molecule has 0 saturated heterocycles. The van der Waals surface area contributed by atoms with Crippen molar-refractivity contribution in [3.8, 4) is 5.75 Å². The van der Waals surface area contributed by atoms with Crippen LogP contribution in [0, 0.1) is 5.92 Å². The molecule has 9 nitrogen and oxygen atoms in total. The topological polar surface area (TPSA) is 126 Å². The summed E-state index contributed by atoms with van der Waals surface area (Å²) < 4.78 is 5.26. The number of ether oxygens (including phenoxy) is 1. The number of Topliss-reactive ketones (excluding diaryl/α,β-unsaturated/α-hetero) is 1. The van der Waals surface area contributed by atoms with Gasteiger partial charge in [-0.05, 0) is 30.2 Å². The van der Waals surface area contributed by atoms with Crippen LogP contribution in [0.3, 0.4) is 0 Å². The molecule has 0 heterocycles. The fraction of sp³-hybridized carbons (Fsp3) is 0.448. The van der Waals surface area contributed by atoms with Crippen molar-refractivity contribution >= 4 is 47.0 Å². The molecule has 0 aromatic heterocycles. The van der Waals surface area contributed by atoms with Crippen LogP contribution >= 0.6 is 23.4 Å². The van der Waals surface area contributed by atoms with E-state index in [0.29, 0.717) is 29.3 Å². The Hall–Kier alpha value is -3.24. The summed E-state index contributed by atoms with van der Waals surface area (Å²) in [4.78, 5) is 50.5. The van der Waals surface area contributed by atoms with Gasteiger partial charge in [0.15, 0.2) is 0 Å². The van der Waals surface area contributed by atoms with E-state index in [2.05, 4.69) is 21.3 Å². The number of amides is 4. The fourth-order valence-electron chi connectivity index (χ4n) is 3.60. The van der Waals surface area contributed by atoms with E-state index < -0.39 is 35.0 Å². The van der Waals surface area contributed by atoms with Gasteiger partial charge in [0.05, 0.1) is 17.5 Å². The first-order chi connectivity index (χ1) is 19.1. The Morgan fingerprint density at radius 2 is 1.60 bits per heavy atom. The van der Waals surface area contributed by atoms with Crippen molar-refractivity contribution in [3.63, 3.8) is 0 Å². The van der Waals surface area contributed by atoms with E-state index in [0.717, 1.165) is 5.56 Å². The van der Waals surface area contributed by atoms with Crippen LogP contribution < -0.4 is 26.0 Å². The van der Waals surface area contributed by atoms with Crippen LogP contribution in [0.4, 0.5) is 4.79 Å². The minimum Gasteiger partial charge on any atom is -0.495 e. The molecule has 2 rings (SSSR count). The first kappa shape index (κ1) is 34.8. The number of para-hydroxylation sites is 1. The predicted octanol–water partition coefficient (Wildman–Crippen LogP) is 4.67. The lowest BCUT2D eigenvalue weighted by Gasteiger charge is -2.23. The first-order valence-electron chi connectivity index (χ1n) is 13.2. The highest BCUT2D eigenvalue weighted by Gasteiger charge is 2.26. The average molecular weight is 593 g/mol. The van der Waals surface area contributed by atoms with Gasteiger partial charge in [-0.15, -0.1) is 11.8 Å². The highest BCUT2D eigenvalue weighted by Crippen LogP contribution is 2.28. The summed E-state index contributed by atoms with van der Waals surface area (Å²) in [6.07, 6.45) is 1.92. The molecule has 220 valence electrons. The summed E-state index contributed by atoms with van der Waals surface area (Å²) in [6, 6.07) is 13.3. The molecule has 4 amide bonds. The number of methoxy groups -OCH3 is 1. The van der Waals surface area contributed by atoms with Crippen molar-refractivity contribution in [2.75, 3.05) is 13.4 Å². The third-order valence-electron chi connectivity index (χ3n) is 5.53. The monoisotopic (exact) mass is 592 g/mol. The maximum atomic E-state index is 13.0. The second kappa shape index (κ2) is 18.9. The normalized spacial score (nSPS) is 11.8. The van der Waals surface area contributed by atoms with Gasteiger partial charge in [0.2, 0.25) is 11.7 Å². The first-order valence-corrected chi connectivity index (χ1v) is 14.8. The van der Waals surface area contributed by atoms with Crippen LogP contribution in [0.2, 0.25) is 5.02 Å². The zero-order valence-electron chi connectivity index (χ0n) is 24.0. The van der Waals surface area contributed by atoms with E-state index in [9.17, 15) is 19.2 Å². The van der Waals surface area contributed by atoms with E-state index >= 15 is 0 Å². The number of rotatable bonds is 14. The number of benzene rings is 2. The maximum Gasteiger partial charge on any atom is 0.315 e. The molecule has 40 heavy (non-hydrogen) atoms. The van der Waals surface area contributed by atoms with Gasteiger partial charge in [0, 0.05) is 25.1 Å². The molecule has 0 fully saturated rings. The van der Waals surface area contributed by atoms with E-state index in [-0.39, 0.29) is 18.9 Å². The number of thioether (sulfide) groups is 1. The van der Waals surface area contributed by atoms with Gasteiger partial charge in [-0.3, -0.25) is 14.4 Å². The van der Waals surface area contributed by atoms with Crippen LogP contribution in [0.15, 0.2) is 48.5 Å². The second-order valence-corrected chi connectivity index (χ2v) is 10.4. The average Bonchev–Trinajstić information content (AvgIpc) is 2.95. The smallest absolute Gasteiger partial charge is 0.315 e. The summed E-state index contributed by atoms with van der Waals surface area (Å²) in [5.74, 6) is -1.33. The van der Waals surface area contributed by atoms with Crippen LogP contribution in [0.25, 0.3) is 0 Å². The number of carbonyl (C=O) groups is 4. The number of ketones is 1. The molecule has 2 atom stereocenters. The summed E-state index contributed by atoms with van der Waals surface area (Å²) >= 11 is 7.33. The molecule has 0 aliphatic rings. The Morgan fingerprint density at radius 1 is 0.925 bits per heavy atom. The second-order valence-electron chi connectivity index (χ2n) is 8.97. The zero-order valence-corrected chi connectivity index (χ0v) is 25.6. The van der Waals surface area contributed by atoms with Gasteiger partial charge in [0.25, 0.3) is 5.91 Å². The largest absolute Gasteiger partial charge is 0.495 e. The van der Waals surface area contributed by atoms with Crippen LogP contribution in [0.5, 0.6) is 5.75 Å². The highest BCUT2D eigenvalue weighted by molar-refractivity contribution is 7.99. The van der Waals surface area contributed by atoms with Crippen molar-refractivity contribution in [2.45, 2.75) is 65.0 Å². The molecule has 2 aromatic rings. The number of urea groups is 1. The van der Waals surface area contributed by atoms with Gasteiger partial charge >= 0.3 is 6.03 Å². The summed E-state index contributed by atoms with van der Waals surface area (Å²) in [7, 11) is 1.47. The standard InChI is InChI=1S/C27H35ClN4O5S.C2H6/c1-17(2)13-21(31-27(36)30-15-18-9-6-5-7-10-18)25(34)32-23(38-4)14-22(33)26(35)29-16-19-11-8-12-20(28)24(19)37-3;1-2/h5-12,17,21,23H,13-16H2,1-4H3,(H,29,35)(H,32,34)(H2,30,31,36);1-2H3/t21-,23?;/m0./s1.